The third kappa shape index (κ3) is 2.39. The van der Waals surface area contributed by atoms with E-state index >= 15 is 0 Å². The Bertz CT molecular complexity index is 896. The molecule has 0 fully saturated rings. The number of nitrogens with two attached hydrogens (primary N) is 1. The summed E-state index contributed by atoms with van der Waals surface area (Å²) < 4.78 is 11.4. The Kier molecular flexibility index (Phi) is 3.49. The van der Waals surface area contributed by atoms with E-state index in [-0.39, 0.29) is 17.1 Å². The Hall–Kier alpha value is -3.29. The van der Waals surface area contributed by atoms with Crippen LogP contribution in [-0.4, -0.2) is 28.5 Å². The summed E-state index contributed by atoms with van der Waals surface area (Å²) in [7, 11) is 2.92. The number of nitrogens with one attached hydrogen (secondary N) is 1. The zero-order valence-corrected chi connectivity index (χ0v) is 12.5. The van der Waals surface area contributed by atoms with Crippen LogP contribution in [0.4, 0.5) is 11.4 Å². The normalized spacial score (nSPS) is 10.7. The molecule has 0 aliphatic heterocycles. The monoisotopic (exact) mass is 314 g/mol. The molecule has 0 aromatic carbocycles. The SMILES string of the molecule is COC(=O)c1c(NC(=O)c2ccco2)c2cc(N)cnc2n1C. The summed E-state index contributed by atoms with van der Waals surface area (Å²) in [6.07, 6.45) is 2.86. The summed E-state index contributed by atoms with van der Waals surface area (Å²) in [5, 5.41) is 3.20. The molecule has 3 aromatic rings. The molecule has 118 valence electrons. The largest absolute Gasteiger partial charge is 0.464 e. The number of furan rings is 1. The van der Waals surface area contributed by atoms with Crippen LogP contribution in [0.1, 0.15) is 21.0 Å². The van der Waals surface area contributed by atoms with Crippen LogP contribution in [0.2, 0.25) is 0 Å². The molecule has 0 saturated carbocycles. The van der Waals surface area contributed by atoms with Crippen molar-refractivity contribution >= 4 is 34.3 Å². The van der Waals surface area contributed by atoms with Gasteiger partial charge in [-0.25, -0.2) is 9.78 Å². The second kappa shape index (κ2) is 5.48. The number of carbonyl (C=O) groups excluding carboxylic acids is 2. The van der Waals surface area contributed by atoms with Crippen molar-refractivity contribution in [3.63, 3.8) is 0 Å². The molecule has 3 rings (SSSR count). The van der Waals surface area contributed by atoms with Gasteiger partial charge in [0.05, 0.1) is 30.9 Å². The maximum absolute atomic E-state index is 12.3. The molecule has 3 N–H and O–H groups in total. The molecule has 23 heavy (non-hydrogen) atoms. The number of hydrogen-bond acceptors (Lipinski definition) is 6. The van der Waals surface area contributed by atoms with Gasteiger partial charge in [0.2, 0.25) is 0 Å². The van der Waals surface area contributed by atoms with E-state index in [2.05, 4.69) is 10.3 Å². The molecule has 8 nitrogen and oxygen atoms in total. The van der Waals surface area contributed by atoms with Gasteiger partial charge in [-0.2, -0.15) is 0 Å². The highest BCUT2D eigenvalue weighted by Gasteiger charge is 2.25. The molecule has 1 amide bonds. The van der Waals surface area contributed by atoms with E-state index < -0.39 is 11.9 Å². The standard InChI is InChI=1S/C15H14N4O4/c1-19-12(15(21)22-2)11(9-6-8(16)7-17-13(9)19)18-14(20)10-4-3-5-23-10/h3-7H,16H2,1-2H3,(H,18,20). The van der Waals surface area contributed by atoms with E-state index in [9.17, 15) is 9.59 Å². The van der Waals surface area contributed by atoms with E-state index in [0.29, 0.717) is 16.7 Å². The quantitative estimate of drug-likeness (QED) is 0.713. The zero-order chi connectivity index (χ0) is 16.6. The number of aromatic nitrogens is 2. The summed E-state index contributed by atoms with van der Waals surface area (Å²) in [5.41, 5.74) is 7.11. The van der Waals surface area contributed by atoms with Gasteiger partial charge in [0.25, 0.3) is 5.91 Å². The number of rotatable bonds is 3. The lowest BCUT2D eigenvalue weighted by Gasteiger charge is -2.06. The lowest BCUT2D eigenvalue weighted by molar-refractivity contribution is 0.0591. The van der Waals surface area contributed by atoms with Crippen molar-refractivity contribution in [1.82, 2.24) is 9.55 Å². The fourth-order valence-electron chi connectivity index (χ4n) is 2.37. The highest BCUT2D eigenvalue weighted by Crippen LogP contribution is 2.31. The van der Waals surface area contributed by atoms with Crippen LogP contribution in [0.25, 0.3) is 11.0 Å². The smallest absolute Gasteiger partial charge is 0.356 e. The van der Waals surface area contributed by atoms with Crippen LogP contribution < -0.4 is 11.1 Å². The van der Waals surface area contributed by atoms with Gasteiger partial charge < -0.3 is 24.8 Å². The maximum atomic E-state index is 12.3. The van der Waals surface area contributed by atoms with Gasteiger partial charge in [-0.3, -0.25) is 4.79 Å². The van der Waals surface area contributed by atoms with Crippen molar-refractivity contribution in [1.29, 1.82) is 0 Å². The number of ether oxygens (including phenoxy) is 1. The average Bonchev–Trinajstić information content (AvgIpc) is 3.15. The topological polar surface area (TPSA) is 112 Å². The number of nitrogen functional groups attached to an aromatic ring is 1. The first-order valence-corrected chi connectivity index (χ1v) is 6.70. The number of fused-ring (bicyclic) bond motifs is 1. The van der Waals surface area contributed by atoms with Crippen LogP contribution in [-0.2, 0) is 11.8 Å². The van der Waals surface area contributed by atoms with E-state index in [1.807, 2.05) is 0 Å². The van der Waals surface area contributed by atoms with Crippen molar-refractivity contribution in [2.24, 2.45) is 7.05 Å². The van der Waals surface area contributed by atoms with E-state index in [1.165, 1.54) is 25.6 Å². The molecule has 0 radical (unpaired) electrons. The number of anilines is 2. The van der Waals surface area contributed by atoms with Gasteiger partial charge in [-0.1, -0.05) is 0 Å². The van der Waals surface area contributed by atoms with E-state index in [0.717, 1.165) is 0 Å². The van der Waals surface area contributed by atoms with Gasteiger partial charge in [0.15, 0.2) is 11.5 Å². The summed E-state index contributed by atoms with van der Waals surface area (Å²) in [5.74, 6) is -0.969. The fourth-order valence-corrected chi connectivity index (χ4v) is 2.37. The zero-order valence-electron chi connectivity index (χ0n) is 12.5. The number of nitrogens with zero attached hydrogens (tertiary/aromatic N) is 2. The number of aryl methyl sites for hydroxylation is 1. The van der Waals surface area contributed by atoms with Crippen LogP contribution in [0.3, 0.4) is 0 Å². The van der Waals surface area contributed by atoms with Crippen LogP contribution in [0, 0.1) is 0 Å². The molecular formula is C15H14N4O4. The molecule has 8 heteroatoms. The molecular weight excluding hydrogens is 300 g/mol. The lowest BCUT2D eigenvalue weighted by atomic mass is 10.2. The number of carbonyl (C=O) groups is 2. The summed E-state index contributed by atoms with van der Waals surface area (Å²) in [6.45, 7) is 0. The maximum Gasteiger partial charge on any atom is 0.356 e. The predicted octanol–water partition coefficient (Wildman–Crippen LogP) is 1.79. The number of esters is 1. The Morgan fingerprint density at radius 3 is 2.87 bits per heavy atom. The van der Waals surface area contributed by atoms with Crippen molar-refractivity contribution in [3.05, 3.63) is 42.1 Å². The predicted molar refractivity (Wildman–Crippen MR) is 83.1 cm³/mol. The highest BCUT2D eigenvalue weighted by molar-refractivity contribution is 6.14. The molecule has 0 aliphatic rings. The van der Waals surface area contributed by atoms with Crippen LogP contribution in [0.15, 0.2) is 35.1 Å². The summed E-state index contributed by atoms with van der Waals surface area (Å²) in [6, 6.07) is 4.75. The van der Waals surface area contributed by atoms with Crippen molar-refractivity contribution in [2.75, 3.05) is 18.2 Å². The Morgan fingerprint density at radius 2 is 2.22 bits per heavy atom. The molecule has 0 bridgehead atoms. The molecule has 0 aliphatic carbocycles. The molecule has 0 unspecified atom stereocenters. The minimum absolute atomic E-state index is 0.120. The first kappa shape index (κ1) is 14.6. The molecule has 3 heterocycles. The van der Waals surface area contributed by atoms with Gasteiger partial charge in [0, 0.05) is 12.4 Å². The van der Waals surface area contributed by atoms with E-state index in [4.69, 9.17) is 14.9 Å². The van der Waals surface area contributed by atoms with Gasteiger partial charge >= 0.3 is 5.97 Å². The third-order valence-electron chi connectivity index (χ3n) is 3.41. The summed E-state index contributed by atoms with van der Waals surface area (Å²) >= 11 is 0. The van der Waals surface area contributed by atoms with Gasteiger partial charge in [-0.05, 0) is 18.2 Å². The highest BCUT2D eigenvalue weighted by atomic mass is 16.5. The Morgan fingerprint density at radius 1 is 1.43 bits per heavy atom. The summed E-state index contributed by atoms with van der Waals surface area (Å²) in [4.78, 5) is 28.6. The number of methoxy groups -OCH3 is 1. The molecule has 0 atom stereocenters. The molecule has 0 saturated heterocycles. The second-order valence-corrected chi connectivity index (χ2v) is 4.85. The number of amides is 1. The second-order valence-electron chi connectivity index (χ2n) is 4.85. The van der Waals surface area contributed by atoms with Crippen LogP contribution in [0.5, 0.6) is 0 Å². The Labute approximate surface area is 130 Å². The molecule has 3 aromatic heterocycles. The van der Waals surface area contributed by atoms with E-state index in [1.54, 1.807) is 23.7 Å². The molecule has 0 spiro atoms. The van der Waals surface area contributed by atoms with Crippen molar-refractivity contribution in [2.45, 2.75) is 0 Å². The lowest BCUT2D eigenvalue weighted by Crippen LogP contribution is -2.16. The fraction of sp³-hybridized carbons (Fsp3) is 0.133. The number of hydrogen-bond donors (Lipinski definition) is 2. The minimum atomic E-state index is -0.598. The first-order valence-electron chi connectivity index (χ1n) is 6.70. The van der Waals surface area contributed by atoms with Crippen LogP contribution >= 0.6 is 0 Å². The Balaban J connectivity index is 2.18. The number of pyridine rings is 1. The van der Waals surface area contributed by atoms with Crippen molar-refractivity contribution < 1.29 is 18.7 Å². The van der Waals surface area contributed by atoms with Gasteiger partial charge in [0.1, 0.15) is 5.65 Å². The average molecular weight is 314 g/mol. The minimum Gasteiger partial charge on any atom is -0.464 e. The van der Waals surface area contributed by atoms with Gasteiger partial charge in [-0.15, -0.1) is 0 Å². The van der Waals surface area contributed by atoms with Crippen molar-refractivity contribution in [3.8, 4) is 0 Å². The first-order chi connectivity index (χ1) is 11.0. The third-order valence-corrected chi connectivity index (χ3v) is 3.41.